The standard InChI is InChI=1S/C23H20O3/c1-2-5-19-13-23(24)26-22-14-20(10-11-21(19)22)25-15-16-8-9-17-6-3-4-7-18(17)12-16/h3-4,6-14H,2,5,15H2,1H3. The molecule has 3 nitrogen and oxygen atoms in total. The Morgan fingerprint density at radius 1 is 0.923 bits per heavy atom. The van der Waals surface area contributed by atoms with E-state index in [-0.39, 0.29) is 5.63 Å². The average molecular weight is 344 g/mol. The van der Waals surface area contributed by atoms with Crippen molar-refractivity contribution in [3.8, 4) is 5.75 Å². The van der Waals surface area contributed by atoms with Gasteiger partial charge in [0.05, 0.1) is 0 Å². The molecular formula is C23H20O3. The minimum absolute atomic E-state index is 0.312. The number of fused-ring (bicyclic) bond motifs is 2. The van der Waals surface area contributed by atoms with E-state index in [0.29, 0.717) is 17.9 Å². The molecule has 1 aromatic heterocycles. The van der Waals surface area contributed by atoms with E-state index in [1.54, 1.807) is 12.1 Å². The molecule has 0 spiro atoms. The first-order chi connectivity index (χ1) is 12.7. The van der Waals surface area contributed by atoms with Crippen LogP contribution in [-0.2, 0) is 13.0 Å². The lowest BCUT2D eigenvalue weighted by Crippen LogP contribution is -2.01. The van der Waals surface area contributed by atoms with Crippen LogP contribution in [0.3, 0.4) is 0 Å². The summed E-state index contributed by atoms with van der Waals surface area (Å²) in [5.41, 5.74) is 2.40. The van der Waals surface area contributed by atoms with E-state index < -0.39 is 0 Å². The summed E-state index contributed by atoms with van der Waals surface area (Å²) in [4.78, 5) is 11.8. The third-order valence-corrected chi connectivity index (χ3v) is 4.54. The van der Waals surface area contributed by atoms with Gasteiger partial charge in [0, 0.05) is 17.5 Å². The summed E-state index contributed by atoms with van der Waals surface area (Å²) in [5, 5.41) is 3.39. The first-order valence-corrected chi connectivity index (χ1v) is 8.90. The maximum absolute atomic E-state index is 11.8. The molecule has 26 heavy (non-hydrogen) atoms. The fraction of sp³-hybridized carbons (Fsp3) is 0.174. The molecule has 3 aromatic carbocycles. The van der Waals surface area contributed by atoms with Crippen LogP contribution < -0.4 is 10.4 Å². The fourth-order valence-electron chi connectivity index (χ4n) is 3.27. The van der Waals surface area contributed by atoms with Crippen molar-refractivity contribution in [1.82, 2.24) is 0 Å². The lowest BCUT2D eigenvalue weighted by molar-refractivity contribution is 0.306. The molecule has 0 aliphatic carbocycles. The molecule has 0 saturated carbocycles. The fourth-order valence-corrected chi connectivity index (χ4v) is 3.27. The zero-order valence-electron chi connectivity index (χ0n) is 14.7. The van der Waals surface area contributed by atoms with Crippen molar-refractivity contribution >= 4 is 21.7 Å². The average Bonchev–Trinajstić information content (AvgIpc) is 2.66. The molecule has 0 atom stereocenters. The number of benzene rings is 3. The maximum atomic E-state index is 11.8. The van der Waals surface area contributed by atoms with Crippen molar-refractivity contribution in [2.75, 3.05) is 0 Å². The molecule has 130 valence electrons. The third-order valence-electron chi connectivity index (χ3n) is 4.54. The second-order valence-corrected chi connectivity index (χ2v) is 6.47. The zero-order chi connectivity index (χ0) is 17.9. The summed E-state index contributed by atoms with van der Waals surface area (Å²) in [6.07, 6.45) is 1.85. The van der Waals surface area contributed by atoms with Crippen molar-refractivity contribution in [2.24, 2.45) is 0 Å². The summed E-state index contributed by atoms with van der Waals surface area (Å²) in [5.74, 6) is 0.697. The maximum Gasteiger partial charge on any atom is 0.336 e. The zero-order valence-corrected chi connectivity index (χ0v) is 14.7. The van der Waals surface area contributed by atoms with Gasteiger partial charge in [0.25, 0.3) is 0 Å². The molecular weight excluding hydrogens is 324 g/mol. The highest BCUT2D eigenvalue weighted by atomic mass is 16.5. The molecule has 0 unspecified atom stereocenters. The van der Waals surface area contributed by atoms with Gasteiger partial charge in [-0.1, -0.05) is 49.7 Å². The lowest BCUT2D eigenvalue weighted by Gasteiger charge is -2.09. The molecule has 0 bridgehead atoms. The topological polar surface area (TPSA) is 39.4 Å². The van der Waals surface area contributed by atoms with Gasteiger partial charge < -0.3 is 9.15 Å². The van der Waals surface area contributed by atoms with Gasteiger partial charge in [0.2, 0.25) is 0 Å². The third kappa shape index (κ3) is 3.33. The van der Waals surface area contributed by atoms with Crippen molar-refractivity contribution in [3.05, 3.63) is 88.3 Å². The molecule has 1 heterocycles. The van der Waals surface area contributed by atoms with Gasteiger partial charge >= 0.3 is 5.63 Å². The molecule has 0 fully saturated rings. The van der Waals surface area contributed by atoms with E-state index in [2.05, 4.69) is 37.3 Å². The quantitative estimate of drug-likeness (QED) is 0.450. The van der Waals surface area contributed by atoms with Crippen molar-refractivity contribution in [3.63, 3.8) is 0 Å². The molecule has 4 aromatic rings. The van der Waals surface area contributed by atoms with E-state index in [9.17, 15) is 4.79 Å². The molecule has 4 rings (SSSR count). The highest BCUT2D eigenvalue weighted by Gasteiger charge is 2.07. The molecule has 0 aliphatic heterocycles. The second-order valence-electron chi connectivity index (χ2n) is 6.47. The summed E-state index contributed by atoms with van der Waals surface area (Å²) >= 11 is 0. The molecule has 0 aliphatic rings. The first kappa shape index (κ1) is 16.4. The molecule has 0 N–H and O–H groups in total. The smallest absolute Gasteiger partial charge is 0.336 e. The van der Waals surface area contributed by atoms with Crippen molar-refractivity contribution in [1.29, 1.82) is 0 Å². The van der Waals surface area contributed by atoms with Gasteiger partial charge in [-0.15, -0.1) is 0 Å². The van der Waals surface area contributed by atoms with Gasteiger partial charge in [-0.3, -0.25) is 0 Å². The molecule has 0 saturated heterocycles. The Balaban J connectivity index is 1.59. The predicted octanol–water partition coefficient (Wildman–Crippen LogP) is 5.48. The van der Waals surface area contributed by atoms with Crippen LogP contribution in [-0.4, -0.2) is 0 Å². The van der Waals surface area contributed by atoms with Crippen molar-refractivity contribution < 1.29 is 9.15 Å². The normalized spacial score (nSPS) is 11.1. The number of hydrogen-bond donors (Lipinski definition) is 0. The first-order valence-electron chi connectivity index (χ1n) is 8.90. The number of rotatable bonds is 5. The van der Waals surface area contributed by atoms with Crippen LogP contribution in [0.15, 0.2) is 75.9 Å². The van der Waals surface area contributed by atoms with E-state index >= 15 is 0 Å². The molecule has 3 heteroatoms. The molecule has 0 radical (unpaired) electrons. The number of ether oxygens (including phenoxy) is 1. The Bertz CT molecular complexity index is 1130. The Morgan fingerprint density at radius 2 is 1.77 bits per heavy atom. The monoisotopic (exact) mass is 344 g/mol. The summed E-state index contributed by atoms with van der Waals surface area (Å²) in [6, 6.07) is 21.9. The SMILES string of the molecule is CCCc1cc(=O)oc2cc(OCc3ccc4ccccc4c3)ccc12. The van der Waals surface area contributed by atoms with Gasteiger partial charge in [0.1, 0.15) is 17.9 Å². The lowest BCUT2D eigenvalue weighted by atomic mass is 10.1. The second kappa shape index (κ2) is 7.04. The highest BCUT2D eigenvalue weighted by Crippen LogP contribution is 2.24. The van der Waals surface area contributed by atoms with Gasteiger partial charge in [0.15, 0.2) is 0 Å². The van der Waals surface area contributed by atoms with Gasteiger partial charge in [-0.25, -0.2) is 4.79 Å². The van der Waals surface area contributed by atoms with E-state index in [0.717, 1.165) is 29.4 Å². The van der Waals surface area contributed by atoms with E-state index in [1.807, 2.05) is 24.3 Å². The predicted molar refractivity (Wildman–Crippen MR) is 105 cm³/mol. The Hall–Kier alpha value is -3.07. The minimum atomic E-state index is -0.312. The molecule has 0 amide bonds. The summed E-state index contributed by atoms with van der Waals surface area (Å²) in [7, 11) is 0. The Morgan fingerprint density at radius 3 is 2.62 bits per heavy atom. The van der Waals surface area contributed by atoms with Crippen LogP contribution in [0.5, 0.6) is 5.75 Å². The van der Waals surface area contributed by atoms with Gasteiger partial charge in [-0.05, 0) is 46.5 Å². The van der Waals surface area contributed by atoms with Crippen molar-refractivity contribution in [2.45, 2.75) is 26.4 Å². The minimum Gasteiger partial charge on any atom is -0.489 e. The van der Waals surface area contributed by atoms with Crippen LogP contribution in [0.4, 0.5) is 0 Å². The summed E-state index contributed by atoms with van der Waals surface area (Å²) < 4.78 is 11.3. The van der Waals surface area contributed by atoms with Crippen LogP contribution in [0.2, 0.25) is 0 Å². The van der Waals surface area contributed by atoms with Crippen LogP contribution in [0.1, 0.15) is 24.5 Å². The summed E-state index contributed by atoms with van der Waals surface area (Å²) in [6.45, 7) is 2.57. The number of hydrogen-bond acceptors (Lipinski definition) is 3. The Labute approximate surface area is 151 Å². The Kier molecular flexibility index (Phi) is 4.44. The van der Waals surface area contributed by atoms with Crippen LogP contribution in [0.25, 0.3) is 21.7 Å². The number of aryl methyl sites for hydroxylation is 1. The van der Waals surface area contributed by atoms with Crippen LogP contribution in [0, 0.1) is 0 Å². The van der Waals surface area contributed by atoms with E-state index in [4.69, 9.17) is 9.15 Å². The van der Waals surface area contributed by atoms with Gasteiger partial charge in [-0.2, -0.15) is 0 Å². The van der Waals surface area contributed by atoms with Crippen LogP contribution >= 0.6 is 0 Å². The van der Waals surface area contributed by atoms with E-state index in [1.165, 1.54) is 10.8 Å². The largest absolute Gasteiger partial charge is 0.489 e. The highest BCUT2D eigenvalue weighted by molar-refractivity contribution is 5.83.